The monoisotopic (exact) mass is 309 g/mol. The van der Waals surface area contributed by atoms with Crippen molar-refractivity contribution in [3.05, 3.63) is 28.3 Å². The maximum atomic E-state index is 6.34. The van der Waals surface area contributed by atoms with Gasteiger partial charge in [0, 0.05) is 22.9 Å². The van der Waals surface area contributed by atoms with Gasteiger partial charge in [0.1, 0.15) is 11.9 Å². The first kappa shape index (κ1) is 16.6. The molecule has 0 amide bonds. The lowest BCUT2D eigenvalue weighted by Gasteiger charge is -2.55. The first-order valence-electron chi connectivity index (χ1n) is 8.15. The second-order valence-corrected chi connectivity index (χ2v) is 6.64. The van der Waals surface area contributed by atoms with E-state index in [4.69, 9.17) is 16.3 Å². The van der Waals surface area contributed by atoms with Crippen LogP contribution in [-0.4, -0.2) is 18.7 Å². The third-order valence-corrected chi connectivity index (χ3v) is 5.84. The van der Waals surface area contributed by atoms with Crippen molar-refractivity contribution in [2.75, 3.05) is 6.54 Å². The highest BCUT2D eigenvalue weighted by Gasteiger charge is 2.53. The molecule has 2 atom stereocenters. The van der Waals surface area contributed by atoms with Gasteiger partial charge >= 0.3 is 0 Å². The minimum Gasteiger partial charge on any atom is -0.490 e. The molecule has 3 heteroatoms. The van der Waals surface area contributed by atoms with E-state index in [-0.39, 0.29) is 5.41 Å². The lowest BCUT2D eigenvalue weighted by Crippen LogP contribution is -2.64. The van der Waals surface area contributed by atoms with E-state index in [1.165, 1.54) is 0 Å². The van der Waals surface area contributed by atoms with E-state index in [0.29, 0.717) is 12.1 Å². The maximum Gasteiger partial charge on any atom is 0.120 e. The standard InChI is InChI=1S/C18H28ClNO/c1-6-18(7-2)15(20-8-3)11-16(18)21-14-9-12(4)17(19)13(5)10-14/h9-10,15-16,20H,6-8,11H2,1-5H3. The van der Waals surface area contributed by atoms with Crippen LogP contribution in [0, 0.1) is 19.3 Å². The fourth-order valence-corrected chi connectivity index (χ4v) is 3.89. The number of halogens is 1. The molecule has 21 heavy (non-hydrogen) atoms. The van der Waals surface area contributed by atoms with Crippen LogP contribution >= 0.6 is 11.6 Å². The third-order valence-electron chi connectivity index (χ3n) is 5.24. The molecule has 1 aromatic rings. The van der Waals surface area contributed by atoms with Crippen LogP contribution in [0.25, 0.3) is 0 Å². The smallest absolute Gasteiger partial charge is 0.120 e. The first-order valence-corrected chi connectivity index (χ1v) is 8.53. The highest BCUT2D eigenvalue weighted by Crippen LogP contribution is 2.49. The molecule has 0 saturated heterocycles. The number of hydrogen-bond donors (Lipinski definition) is 1. The molecular formula is C18H28ClNO. The molecule has 2 rings (SSSR count). The number of nitrogens with one attached hydrogen (secondary N) is 1. The van der Waals surface area contributed by atoms with Crippen molar-refractivity contribution in [1.29, 1.82) is 0 Å². The highest BCUT2D eigenvalue weighted by atomic mass is 35.5. The van der Waals surface area contributed by atoms with Gasteiger partial charge in [0.15, 0.2) is 0 Å². The van der Waals surface area contributed by atoms with E-state index in [1.54, 1.807) is 0 Å². The molecule has 2 unspecified atom stereocenters. The van der Waals surface area contributed by atoms with E-state index < -0.39 is 0 Å². The van der Waals surface area contributed by atoms with Crippen molar-refractivity contribution in [3.8, 4) is 5.75 Å². The van der Waals surface area contributed by atoms with Crippen molar-refractivity contribution in [1.82, 2.24) is 5.32 Å². The fourth-order valence-electron chi connectivity index (χ4n) is 3.78. The molecule has 1 aliphatic carbocycles. The van der Waals surface area contributed by atoms with Gasteiger partial charge in [-0.2, -0.15) is 0 Å². The second kappa shape index (κ2) is 6.58. The average molecular weight is 310 g/mol. The Morgan fingerprint density at radius 2 is 1.76 bits per heavy atom. The molecule has 1 aliphatic rings. The second-order valence-electron chi connectivity index (χ2n) is 6.26. The summed E-state index contributed by atoms with van der Waals surface area (Å²) in [6.45, 7) is 11.8. The lowest BCUT2D eigenvalue weighted by molar-refractivity contribution is -0.0854. The quantitative estimate of drug-likeness (QED) is 0.807. The minimum absolute atomic E-state index is 0.261. The number of hydrogen-bond acceptors (Lipinski definition) is 2. The molecule has 1 aromatic carbocycles. The van der Waals surface area contributed by atoms with Gasteiger partial charge in [0.05, 0.1) is 0 Å². The Bertz CT molecular complexity index is 473. The van der Waals surface area contributed by atoms with Crippen molar-refractivity contribution in [2.45, 2.75) is 66.0 Å². The summed E-state index contributed by atoms with van der Waals surface area (Å²) in [4.78, 5) is 0. The van der Waals surface area contributed by atoms with Crippen LogP contribution in [0.1, 0.15) is 51.2 Å². The van der Waals surface area contributed by atoms with E-state index in [9.17, 15) is 0 Å². The maximum absolute atomic E-state index is 6.34. The summed E-state index contributed by atoms with van der Waals surface area (Å²) in [5, 5.41) is 4.47. The van der Waals surface area contributed by atoms with Gasteiger partial charge in [-0.05, 0) is 56.5 Å². The zero-order chi connectivity index (χ0) is 15.6. The Balaban J connectivity index is 2.16. The predicted molar refractivity (Wildman–Crippen MR) is 90.4 cm³/mol. The van der Waals surface area contributed by atoms with Crippen LogP contribution in [-0.2, 0) is 0 Å². The molecule has 0 aromatic heterocycles. The molecule has 1 fully saturated rings. The Morgan fingerprint density at radius 3 is 2.24 bits per heavy atom. The van der Waals surface area contributed by atoms with Crippen LogP contribution in [0.3, 0.4) is 0 Å². The van der Waals surface area contributed by atoms with Gasteiger partial charge in [0.25, 0.3) is 0 Å². The first-order chi connectivity index (χ1) is 9.98. The predicted octanol–water partition coefficient (Wildman–Crippen LogP) is 4.89. The number of rotatable bonds is 6. The summed E-state index contributed by atoms with van der Waals surface area (Å²) in [5.74, 6) is 0.959. The summed E-state index contributed by atoms with van der Waals surface area (Å²) >= 11 is 6.24. The van der Waals surface area contributed by atoms with Crippen molar-refractivity contribution < 1.29 is 4.74 Å². The SMILES string of the molecule is CCNC1CC(Oc2cc(C)c(Cl)c(C)c2)C1(CC)CC. The zero-order valence-corrected chi connectivity index (χ0v) is 14.7. The summed E-state index contributed by atoms with van der Waals surface area (Å²) < 4.78 is 6.34. The normalized spacial score (nSPS) is 23.7. The van der Waals surface area contributed by atoms with E-state index >= 15 is 0 Å². The Labute approximate surface area is 134 Å². The molecule has 118 valence electrons. The number of aryl methyl sites for hydroxylation is 2. The van der Waals surface area contributed by atoms with Crippen molar-refractivity contribution in [3.63, 3.8) is 0 Å². The molecule has 0 radical (unpaired) electrons. The molecule has 0 bridgehead atoms. The Hall–Kier alpha value is -0.730. The Kier molecular flexibility index (Phi) is 5.21. The summed E-state index contributed by atoms with van der Waals surface area (Å²) in [6.07, 6.45) is 3.70. The average Bonchev–Trinajstić information content (AvgIpc) is 2.45. The summed E-state index contributed by atoms with van der Waals surface area (Å²) in [5.41, 5.74) is 2.44. The van der Waals surface area contributed by atoms with Crippen LogP contribution in [0.15, 0.2) is 12.1 Å². The fraction of sp³-hybridized carbons (Fsp3) is 0.667. The lowest BCUT2D eigenvalue weighted by atomic mass is 9.58. The number of benzene rings is 1. The molecule has 0 heterocycles. The van der Waals surface area contributed by atoms with Gasteiger partial charge < -0.3 is 10.1 Å². The molecular weight excluding hydrogens is 282 g/mol. The van der Waals surface area contributed by atoms with Crippen molar-refractivity contribution in [2.24, 2.45) is 5.41 Å². The van der Waals surface area contributed by atoms with E-state index in [0.717, 1.165) is 47.7 Å². The van der Waals surface area contributed by atoms with E-state index in [1.807, 2.05) is 13.8 Å². The topological polar surface area (TPSA) is 21.3 Å². The van der Waals surface area contributed by atoms with Crippen LogP contribution in [0.2, 0.25) is 5.02 Å². The van der Waals surface area contributed by atoms with Crippen LogP contribution in [0.4, 0.5) is 0 Å². The van der Waals surface area contributed by atoms with E-state index in [2.05, 4.69) is 38.2 Å². The number of ether oxygens (including phenoxy) is 1. The van der Waals surface area contributed by atoms with Crippen LogP contribution in [0.5, 0.6) is 5.75 Å². The van der Waals surface area contributed by atoms with Crippen LogP contribution < -0.4 is 10.1 Å². The van der Waals surface area contributed by atoms with Gasteiger partial charge in [-0.15, -0.1) is 0 Å². The Morgan fingerprint density at radius 1 is 1.19 bits per heavy atom. The van der Waals surface area contributed by atoms with Crippen molar-refractivity contribution >= 4 is 11.6 Å². The third kappa shape index (κ3) is 2.93. The largest absolute Gasteiger partial charge is 0.490 e. The van der Waals surface area contributed by atoms with Gasteiger partial charge in [-0.25, -0.2) is 0 Å². The molecule has 1 saturated carbocycles. The van der Waals surface area contributed by atoms with Gasteiger partial charge in [-0.3, -0.25) is 0 Å². The van der Waals surface area contributed by atoms with Gasteiger partial charge in [-0.1, -0.05) is 32.4 Å². The van der Waals surface area contributed by atoms with Gasteiger partial charge in [0.2, 0.25) is 0 Å². The molecule has 2 nitrogen and oxygen atoms in total. The molecule has 0 aliphatic heterocycles. The molecule has 1 N–H and O–H groups in total. The zero-order valence-electron chi connectivity index (χ0n) is 13.9. The molecule has 0 spiro atoms. The highest BCUT2D eigenvalue weighted by molar-refractivity contribution is 6.32. The minimum atomic E-state index is 0.261. The summed E-state index contributed by atoms with van der Waals surface area (Å²) in [6, 6.07) is 4.70. The summed E-state index contributed by atoms with van der Waals surface area (Å²) in [7, 11) is 0.